The SMILES string of the molecule is COCCc1nc([C@@H](C)Cn2cccn2)n(C2CCN(C)CC2)n1. The van der Waals surface area contributed by atoms with Crippen molar-refractivity contribution in [1.82, 2.24) is 29.4 Å². The maximum Gasteiger partial charge on any atom is 0.153 e. The number of rotatable bonds is 7. The minimum atomic E-state index is 0.272. The lowest BCUT2D eigenvalue weighted by Crippen LogP contribution is -2.32. The third kappa shape index (κ3) is 4.02. The van der Waals surface area contributed by atoms with Gasteiger partial charge in [0.05, 0.1) is 19.2 Å². The first-order valence-electron chi connectivity index (χ1n) is 8.77. The Morgan fingerprint density at radius 1 is 1.33 bits per heavy atom. The largest absolute Gasteiger partial charge is 0.384 e. The zero-order valence-corrected chi connectivity index (χ0v) is 14.9. The van der Waals surface area contributed by atoms with E-state index in [9.17, 15) is 0 Å². The van der Waals surface area contributed by atoms with E-state index in [2.05, 4.69) is 28.7 Å². The van der Waals surface area contributed by atoms with Crippen LogP contribution in [0.15, 0.2) is 18.5 Å². The fourth-order valence-electron chi connectivity index (χ4n) is 3.30. The first kappa shape index (κ1) is 17.1. The molecular weight excluding hydrogens is 304 g/mol. The summed E-state index contributed by atoms with van der Waals surface area (Å²) in [5.41, 5.74) is 0. The van der Waals surface area contributed by atoms with E-state index in [0.717, 1.165) is 50.5 Å². The highest BCUT2D eigenvalue weighted by Gasteiger charge is 2.25. The lowest BCUT2D eigenvalue weighted by Gasteiger charge is -2.30. The van der Waals surface area contributed by atoms with Crippen molar-refractivity contribution in [3.05, 3.63) is 30.1 Å². The minimum absolute atomic E-state index is 0.272. The van der Waals surface area contributed by atoms with E-state index >= 15 is 0 Å². The predicted molar refractivity (Wildman–Crippen MR) is 92.0 cm³/mol. The molecule has 0 N–H and O–H groups in total. The third-order valence-corrected chi connectivity index (χ3v) is 4.73. The fourth-order valence-corrected chi connectivity index (χ4v) is 3.30. The Kier molecular flexibility index (Phi) is 5.63. The van der Waals surface area contributed by atoms with Crippen LogP contribution >= 0.6 is 0 Å². The van der Waals surface area contributed by atoms with Crippen LogP contribution in [-0.4, -0.2) is 63.3 Å². The molecule has 7 nitrogen and oxygen atoms in total. The molecule has 2 aromatic heterocycles. The summed E-state index contributed by atoms with van der Waals surface area (Å²) < 4.78 is 9.34. The Labute approximate surface area is 143 Å². The van der Waals surface area contributed by atoms with Gasteiger partial charge in [0.2, 0.25) is 0 Å². The van der Waals surface area contributed by atoms with Gasteiger partial charge in [-0.3, -0.25) is 4.68 Å². The highest BCUT2D eigenvalue weighted by atomic mass is 16.5. The van der Waals surface area contributed by atoms with E-state index in [1.807, 2.05) is 23.1 Å². The number of likely N-dealkylation sites (tertiary alicyclic amines) is 1. The Morgan fingerprint density at radius 3 is 2.79 bits per heavy atom. The maximum atomic E-state index is 5.19. The standard InChI is InChI=1S/C17H28N6O/c1-14(13-22-9-4-8-18-22)17-19-16(7-12-24-3)20-23(17)15-5-10-21(2)11-6-15/h4,8-9,14-15H,5-7,10-13H2,1-3H3/t14-/m0/s1. The monoisotopic (exact) mass is 332 g/mol. The van der Waals surface area contributed by atoms with Crippen LogP contribution in [0.5, 0.6) is 0 Å². The van der Waals surface area contributed by atoms with Crippen molar-refractivity contribution in [2.24, 2.45) is 0 Å². The number of aromatic nitrogens is 5. The van der Waals surface area contributed by atoms with E-state index in [0.29, 0.717) is 12.6 Å². The van der Waals surface area contributed by atoms with Crippen molar-refractivity contribution >= 4 is 0 Å². The maximum absolute atomic E-state index is 5.19. The molecule has 0 aromatic carbocycles. The summed E-state index contributed by atoms with van der Waals surface area (Å²) in [4.78, 5) is 7.22. The van der Waals surface area contributed by atoms with Crippen LogP contribution in [0, 0.1) is 0 Å². The summed E-state index contributed by atoms with van der Waals surface area (Å²) in [5, 5.41) is 9.15. The molecule has 24 heavy (non-hydrogen) atoms. The highest BCUT2D eigenvalue weighted by Crippen LogP contribution is 2.26. The molecular formula is C17H28N6O. The lowest BCUT2D eigenvalue weighted by molar-refractivity contribution is 0.198. The van der Waals surface area contributed by atoms with Gasteiger partial charge in [0, 0.05) is 31.8 Å². The average molecular weight is 332 g/mol. The van der Waals surface area contributed by atoms with E-state index < -0.39 is 0 Å². The van der Waals surface area contributed by atoms with Crippen molar-refractivity contribution in [3.8, 4) is 0 Å². The molecule has 1 atom stereocenters. The molecule has 1 saturated heterocycles. The molecule has 0 aliphatic carbocycles. The molecule has 0 unspecified atom stereocenters. The summed E-state index contributed by atoms with van der Waals surface area (Å²) in [6, 6.07) is 2.40. The van der Waals surface area contributed by atoms with Crippen molar-refractivity contribution in [1.29, 1.82) is 0 Å². The summed E-state index contributed by atoms with van der Waals surface area (Å²) in [6.07, 6.45) is 6.84. The zero-order valence-electron chi connectivity index (χ0n) is 14.9. The number of piperidine rings is 1. The number of nitrogens with zero attached hydrogens (tertiary/aromatic N) is 6. The second-order valence-corrected chi connectivity index (χ2v) is 6.74. The number of hydrogen-bond donors (Lipinski definition) is 0. The molecule has 1 fully saturated rings. The molecule has 132 valence electrons. The molecule has 0 radical (unpaired) electrons. The second kappa shape index (κ2) is 7.90. The predicted octanol–water partition coefficient (Wildman–Crippen LogP) is 1.73. The Morgan fingerprint density at radius 2 is 2.12 bits per heavy atom. The summed E-state index contributed by atoms with van der Waals surface area (Å²) in [7, 11) is 3.90. The van der Waals surface area contributed by atoms with Crippen LogP contribution in [0.25, 0.3) is 0 Å². The van der Waals surface area contributed by atoms with Crippen LogP contribution in [0.1, 0.15) is 43.4 Å². The Balaban J connectivity index is 1.80. The normalized spacial score (nSPS) is 18.1. The van der Waals surface area contributed by atoms with Crippen LogP contribution < -0.4 is 0 Å². The first-order chi connectivity index (χ1) is 11.7. The van der Waals surface area contributed by atoms with Gasteiger partial charge in [-0.15, -0.1) is 0 Å². The zero-order chi connectivity index (χ0) is 16.9. The van der Waals surface area contributed by atoms with Gasteiger partial charge in [-0.25, -0.2) is 9.67 Å². The number of methoxy groups -OCH3 is 1. The van der Waals surface area contributed by atoms with E-state index in [-0.39, 0.29) is 5.92 Å². The average Bonchev–Trinajstić information content (AvgIpc) is 3.23. The molecule has 3 heterocycles. The van der Waals surface area contributed by atoms with Crippen molar-refractivity contribution in [3.63, 3.8) is 0 Å². The minimum Gasteiger partial charge on any atom is -0.384 e. The molecule has 0 amide bonds. The lowest BCUT2D eigenvalue weighted by atomic mass is 10.0. The van der Waals surface area contributed by atoms with Gasteiger partial charge < -0.3 is 9.64 Å². The topological polar surface area (TPSA) is 61.0 Å². The van der Waals surface area contributed by atoms with Crippen LogP contribution in [-0.2, 0) is 17.7 Å². The molecule has 0 bridgehead atoms. The van der Waals surface area contributed by atoms with Crippen LogP contribution in [0.2, 0.25) is 0 Å². The Bertz CT molecular complexity index is 615. The van der Waals surface area contributed by atoms with Gasteiger partial charge in [-0.05, 0) is 39.0 Å². The molecule has 0 saturated carbocycles. The molecule has 2 aromatic rings. The number of hydrogen-bond acceptors (Lipinski definition) is 5. The van der Waals surface area contributed by atoms with Gasteiger partial charge in [0.15, 0.2) is 5.82 Å². The molecule has 1 aliphatic rings. The van der Waals surface area contributed by atoms with Gasteiger partial charge >= 0.3 is 0 Å². The quantitative estimate of drug-likeness (QED) is 0.773. The van der Waals surface area contributed by atoms with Gasteiger partial charge in [0.25, 0.3) is 0 Å². The van der Waals surface area contributed by atoms with Crippen molar-refractivity contribution in [2.45, 2.75) is 44.7 Å². The first-order valence-corrected chi connectivity index (χ1v) is 8.77. The van der Waals surface area contributed by atoms with Gasteiger partial charge in [0.1, 0.15) is 5.82 Å². The van der Waals surface area contributed by atoms with Crippen LogP contribution in [0.3, 0.4) is 0 Å². The number of ether oxygens (including phenoxy) is 1. The molecule has 7 heteroatoms. The van der Waals surface area contributed by atoms with Gasteiger partial charge in [-0.1, -0.05) is 6.92 Å². The highest BCUT2D eigenvalue weighted by molar-refractivity contribution is 5.02. The van der Waals surface area contributed by atoms with Crippen molar-refractivity contribution in [2.75, 3.05) is 33.9 Å². The van der Waals surface area contributed by atoms with Crippen LogP contribution in [0.4, 0.5) is 0 Å². The van der Waals surface area contributed by atoms with Crippen molar-refractivity contribution < 1.29 is 4.74 Å². The summed E-state index contributed by atoms with van der Waals surface area (Å²) in [5.74, 6) is 2.23. The second-order valence-electron chi connectivity index (χ2n) is 6.74. The Hall–Kier alpha value is -1.73. The van der Waals surface area contributed by atoms with E-state index in [4.69, 9.17) is 14.8 Å². The fraction of sp³-hybridized carbons (Fsp3) is 0.706. The summed E-state index contributed by atoms with van der Waals surface area (Å²) >= 11 is 0. The third-order valence-electron chi connectivity index (χ3n) is 4.73. The van der Waals surface area contributed by atoms with Gasteiger partial charge in [-0.2, -0.15) is 10.2 Å². The summed E-state index contributed by atoms with van der Waals surface area (Å²) in [6.45, 7) is 5.92. The molecule has 3 rings (SSSR count). The van der Waals surface area contributed by atoms with E-state index in [1.165, 1.54) is 0 Å². The molecule has 1 aliphatic heterocycles. The molecule has 0 spiro atoms. The van der Waals surface area contributed by atoms with E-state index in [1.54, 1.807) is 7.11 Å². The smallest absolute Gasteiger partial charge is 0.153 e.